The number of urea groups is 1. The average Bonchev–Trinajstić information content (AvgIpc) is 2.95. The van der Waals surface area contributed by atoms with Crippen molar-refractivity contribution in [3.05, 3.63) is 29.8 Å². The number of carbonyl (C=O) groups excluding carboxylic acids is 2. The molecule has 0 saturated carbocycles. The maximum atomic E-state index is 12.2. The van der Waals surface area contributed by atoms with E-state index in [1.54, 1.807) is 7.05 Å². The molecular formula is C13H16N4O5S. The Morgan fingerprint density at radius 3 is 2.26 bits per heavy atom. The number of hydrogen-bond acceptors (Lipinski definition) is 6. The number of benzene rings is 1. The maximum absolute atomic E-state index is 12.2. The Morgan fingerprint density at radius 2 is 1.70 bits per heavy atom. The second-order valence-electron chi connectivity index (χ2n) is 5.52. The molecule has 2 aliphatic rings. The molecule has 2 aliphatic heterocycles. The molecule has 124 valence electrons. The van der Waals surface area contributed by atoms with Crippen molar-refractivity contribution in [3.63, 3.8) is 0 Å². The minimum atomic E-state index is -4.25. The molecule has 3 amide bonds. The van der Waals surface area contributed by atoms with E-state index in [1.807, 2.05) is 0 Å². The first-order valence-electron chi connectivity index (χ1n) is 6.84. The van der Waals surface area contributed by atoms with Gasteiger partial charge in [0.15, 0.2) is 0 Å². The van der Waals surface area contributed by atoms with Gasteiger partial charge in [-0.25, -0.2) is 4.79 Å². The topological polar surface area (TPSA) is 119 Å². The van der Waals surface area contributed by atoms with Crippen LogP contribution in [0.1, 0.15) is 11.7 Å². The molecule has 9 nitrogen and oxygen atoms in total. The standard InChI is InChI=1S/C13H16N4O5S/c1-16-11-9(12(18)17(2)13(16)19)14-10(15-11)7-3-5-8(6-4-7)23(20,21)22/h3-6,9-11,14-15H,1-2H3,(H,20,21,22). The van der Waals surface area contributed by atoms with Gasteiger partial charge >= 0.3 is 6.03 Å². The molecule has 2 saturated heterocycles. The lowest BCUT2D eigenvalue weighted by atomic mass is 10.1. The summed E-state index contributed by atoms with van der Waals surface area (Å²) in [6.45, 7) is 0. The van der Waals surface area contributed by atoms with Gasteiger partial charge in [0, 0.05) is 14.1 Å². The zero-order valence-corrected chi connectivity index (χ0v) is 13.2. The van der Waals surface area contributed by atoms with E-state index >= 15 is 0 Å². The van der Waals surface area contributed by atoms with E-state index < -0.39 is 34.5 Å². The fourth-order valence-corrected chi connectivity index (χ4v) is 3.29. The lowest BCUT2D eigenvalue weighted by molar-refractivity contribution is -0.133. The van der Waals surface area contributed by atoms with Gasteiger partial charge in [-0.15, -0.1) is 0 Å². The number of hydrogen-bond donors (Lipinski definition) is 3. The van der Waals surface area contributed by atoms with E-state index in [1.165, 1.54) is 36.2 Å². The van der Waals surface area contributed by atoms with Crippen LogP contribution in [-0.2, 0) is 14.9 Å². The molecule has 3 N–H and O–H groups in total. The quantitative estimate of drug-likeness (QED) is 0.612. The summed E-state index contributed by atoms with van der Waals surface area (Å²) >= 11 is 0. The van der Waals surface area contributed by atoms with Gasteiger partial charge in [-0.05, 0) is 17.7 Å². The Morgan fingerprint density at radius 1 is 1.09 bits per heavy atom. The fourth-order valence-electron chi connectivity index (χ4n) is 2.81. The Bertz CT molecular complexity index is 763. The lowest BCUT2D eigenvalue weighted by Crippen LogP contribution is -2.64. The zero-order chi connectivity index (χ0) is 16.9. The highest BCUT2D eigenvalue weighted by molar-refractivity contribution is 7.85. The van der Waals surface area contributed by atoms with Crippen molar-refractivity contribution in [2.75, 3.05) is 14.1 Å². The third-order valence-electron chi connectivity index (χ3n) is 4.11. The first-order valence-corrected chi connectivity index (χ1v) is 8.28. The van der Waals surface area contributed by atoms with Crippen LogP contribution in [0.25, 0.3) is 0 Å². The van der Waals surface area contributed by atoms with Gasteiger partial charge in [0.2, 0.25) is 0 Å². The van der Waals surface area contributed by atoms with Crippen molar-refractivity contribution in [1.29, 1.82) is 0 Å². The smallest absolute Gasteiger partial charge is 0.310 e. The highest BCUT2D eigenvalue weighted by Gasteiger charge is 2.48. The maximum Gasteiger partial charge on any atom is 0.327 e. The summed E-state index contributed by atoms with van der Waals surface area (Å²) in [5.74, 6) is -0.331. The molecule has 1 aromatic rings. The van der Waals surface area contributed by atoms with Crippen molar-refractivity contribution in [3.8, 4) is 0 Å². The van der Waals surface area contributed by atoms with Crippen molar-refractivity contribution in [2.24, 2.45) is 0 Å². The molecule has 0 spiro atoms. The van der Waals surface area contributed by atoms with Gasteiger partial charge in [-0.1, -0.05) is 12.1 Å². The molecule has 3 atom stereocenters. The van der Waals surface area contributed by atoms with Crippen LogP contribution in [-0.4, -0.2) is 61.0 Å². The van der Waals surface area contributed by atoms with E-state index in [9.17, 15) is 18.0 Å². The molecule has 0 radical (unpaired) electrons. The predicted octanol–water partition coefficient (Wildman–Crippen LogP) is -0.657. The fraction of sp³-hybridized carbons (Fsp3) is 0.385. The van der Waals surface area contributed by atoms with Crippen molar-refractivity contribution in [1.82, 2.24) is 20.4 Å². The van der Waals surface area contributed by atoms with Crippen LogP contribution in [0.3, 0.4) is 0 Å². The molecule has 0 aromatic heterocycles. The van der Waals surface area contributed by atoms with Crippen LogP contribution in [0.4, 0.5) is 4.79 Å². The Kier molecular flexibility index (Phi) is 3.64. The van der Waals surface area contributed by atoms with Crippen LogP contribution in [0.15, 0.2) is 29.2 Å². The number of rotatable bonds is 2. The monoisotopic (exact) mass is 340 g/mol. The third kappa shape index (κ3) is 2.59. The van der Waals surface area contributed by atoms with Crippen LogP contribution >= 0.6 is 0 Å². The molecule has 3 rings (SSSR count). The van der Waals surface area contributed by atoms with E-state index in [4.69, 9.17) is 4.55 Å². The summed E-state index contributed by atoms with van der Waals surface area (Å²) in [6.07, 6.45) is -0.913. The lowest BCUT2D eigenvalue weighted by Gasteiger charge is -2.37. The van der Waals surface area contributed by atoms with Crippen LogP contribution < -0.4 is 10.6 Å². The number of fused-ring (bicyclic) bond motifs is 1. The first-order chi connectivity index (χ1) is 10.7. The normalized spacial score (nSPS) is 28.2. The summed E-state index contributed by atoms with van der Waals surface area (Å²) < 4.78 is 31.1. The molecule has 2 fully saturated rings. The molecule has 10 heteroatoms. The highest BCUT2D eigenvalue weighted by Crippen LogP contribution is 2.25. The molecular weight excluding hydrogens is 324 g/mol. The van der Waals surface area contributed by atoms with Crippen LogP contribution in [0.5, 0.6) is 0 Å². The van der Waals surface area contributed by atoms with E-state index in [-0.39, 0.29) is 10.8 Å². The molecule has 23 heavy (non-hydrogen) atoms. The van der Waals surface area contributed by atoms with Gasteiger partial charge in [-0.3, -0.25) is 24.9 Å². The molecule has 3 unspecified atom stereocenters. The number of amides is 3. The number of carbonyl (C=O) groups is 2. The second-order valence-corrected chi connectivity index (χ2v) is 6.95. The van der Waals surface area contributed by atoms with Gasteiger partial charge in [0.05, 0.1) is 11.1 Å². The van der Waals surface area contributed by atoms with Crippen molar-refractivity contribution in [2.45, 2.75) is 23.3 Å². The third-order valence-corrected chi connectivity index (χ3v) is 4.98. The Balaban J connectivity index is 1.85. The largest absolute Gasteiger partial charge is 0.327 e. The number of nitrogens with zero attached hydrogens (tertiary/aromatic N) is 2. The predicted molar refractivity (Wildman–Crippen MR) is 78.8 cm³/mol. The van der Waals surface area contributed by atoms with Crippen LogP contribution in [0, 0.1) is 0 Å². The molecule has 0 bridgehead atoms. The minimum absolute atomic E-state index is 0.209. The van der Waals surface area contributed by atoms with Crippen molar-refractivity contribution >= 4 is 22.1 Å². The molecule has 1 aromatic carbocycles. The SMILES string of the molecule is CN1C(=O)C2NC(c3ccc(S(=O)(=O)O)cc3)NC2N(C)C1=O. The van der Waals surface area contributed by atoms with Crippen molar-refractivity contribution < 1.29 is 22.6 Å². The minimum Gasteiger partial charge on any atom is -0.310 e. The highest BCUT2D eigenvalue weighted by atomic mass is 32.2. The van der Waals surface area contributed by atoms with Gasteiger partial charge in [0.1, 0.15) is 12.2 Å². The number of imide groups is 1. The summed E-state index contributed by atoms with van der Waals surface area (Å²) in [4.78, 5) is 26.4. The Labute approximate surface area is 133 Å². The van der Waals surface area contributed by atoms with Crippen LogP contribution in [0.2, 0.25) is 0 Å². The molecule has 0 aliphatic carbocycles. The first kappa shape index (κ1) is 15.9. The summed E-state index contributed by atoms with van der Waals surface area (Å²) in [7, 11) is -1.23. The van der Waals surface area contributed by atoms with Gasteiger partial charge < -0.3 is 4.90 Å². The van der Waals surface area contributed by atoms with E-state index in [2.05, 4.69) is 10.6 Å². The van der Waals surface area contributed by atoms with Gasteiger partial charge in [0.25, 0.3) is 16.0 Å². The molecule has 2 heterocycles. The second kappa shape index (κ2) is 5.27. The Hall–Kier alpha value is -2.01. The van der Waals surface area contributed by atoms with E-state index in [0.717, 1.165) is 4.90 Å². The average molecular weight is 340 g/mol. The van der Waals surface area contributed by atoms with Gasteiger partial charge in [-0.2, -0.15) is 8.42 Å². The summed E-state index contributed by atoms with van der Waals surface area (Å²) in [5.41, 5.74) is 0.683. The summed E-state index contributed by atoms with van der Waals surface area (Å²) in [6, 6.07) is 4.63. The number of nitrogens with one attached hydrogen (secondary N) is 2. The zero-order valence-electron chi connectivity index (χ0n) is 12.4. The number of likely N-dealkylation sites (N-methyl/N-ethyl adjacent to an activating group) is 2. The van der Waals surface area contributed by atoms with E-state index in [0.29, 0.717) is 5.56 Å². The summed E-state index contributed by atoms with van der Waals surface area (Å²) in [5, 5.41) is 6.22.